The van der Waals surface area contributed by atoms with E-state index in [-0.39, 0.29) is 11.7 Å². The molecule has 0 aliphatic rings. The number of para-hydroxylation sites is 1. The second-order valence-corrected chi connectivity index (χ2v) is 8.41. The summed E-state index contributed by atoms with van der Waals surface area (Å²) in [7, 11) is 1.61. The van der Waals surface area contributed by atoms with Crippen molar-refractivity contribution in [1.82, 2.24) is 14.8 Å². The number of nitrogens with zero attached hydrogens (tertiary/aromatic N) is 3. The molecule has 0 spiro atoms. The van der Waals surface area contributed by atoms with E-state index in [1.165, 1.54) is 11.8 Å². The number of amides is 1. The van der Waals surface area contributed by atoms with Crippen LogP contribution in [0.5, 0.6) is 5.75 Å². The molecule has 8 heteroatoms. The van der Waals surface area contributed by atoms with Crippen molar-refractivity contribution in [1.29, 1.82) is 0 Å². The van der Waals surface area contributed by atoms with Crippen LogP contribution < -0.4 is 10.1 Å². The molecule has 6 nitrogen and oxygen atoms in total. The largest absolute Gasteiger partial charge is 0.497 e. The van der Waals surface area contributed by atoms with Gasteiger partial charge in [-0.2, -0.15) is 0 Å². The third kappa shape index (κ3) is 5.15. The number of thioether (sulfide) groups is 1. The van der Waals surface area contributed by atoms with Crippen molar-refractivity contribution >= 4 is 39.3 Å². The van der Waals surface area contributed by atoms with Crippen LogP contribution in [0.1, 0.15) is 0 Å². The zero-order valence-electron chi connectivity index (χ0n) is 16.7. The summed E-state index contributed by atoms with van der Waals surface area (Å²) in [6.07, 6.45) is 0. The van der Waals surface area contributed by atoms with Crippen LogP contribution in [-0.4, -0.2) is 33.5 Å². The molecule has 0 fully saturated rings. The zero-order chi connectivity index (χ0) is 21.6. The van der Waals surface area contributed by atoms with Gasteiger partial charge < -0.3 is 10.1 Å². The van der Waals surface area contributed by atoms with Crippen molar-refractivity contribution in [3.8, 4) is 22.8 Å². The minimum absolute atomic E-state index is 0.122. The van der Waals surface area contributed by atoms with Crippen LogP contribution in [0, 0.1) is 0 Å². The van der Waals surface area contributed by atoms with E-state index in [0.29, 0.717) is 10.8 Å². The monoisotopic (exact) mass is 494 g/mol. The van der Waals surface area contributed by atoms with Crippen molar-refractivity contribution < 1.29 is 9.53 Å². The fraction of sp³-hybridized carbons (Fsp3) is 0.0870. The van der Waals surface area contributed by atoms with Crippen LogP contribution in [0.4, 0.5) is 5.69 Å². The highest BCUT2D eigenvalue weighted by molar-refractivity contribution is 9.10. The van der Waals surface area contributed by atoms with Gasteiger partial charge in [0, 0.05) is 21.4 Å². The lowest BCUT2D eigenvalue weighted by Gasteiger charge is -2.10. The Morgan fingerprint density at radius 2 is 1.71 bits per heavy atom. The second-order valence-electron chi connectivity index (χ2n) is 6.55. The first-order valence-corrected chi connectivity index (χ1v) is 11.3. The number of halogens is 1. The van der Waals surface area contributed by atoms with Crippen molar-refractivity contribution in [2.75, 3.05) is 18.2 Å². The van der Waals surface area contributed by atoms with E-state index in [2.05, 4.69) is 31.4 Å². The van der Waals surface area contributed by atoms with Gasteiger partial charge in [-0.05, 0) is 48.5 Å². The SMILES string of the molecule is COc1ccc(NC(=O)CSc2nnc(-c3ccc(Br)cc3)n2-c2ccccc2)cc1. The van der Waals surface area contributed by atoms with E-state index >= 15 is 0 Å². The molecular weight excluding hydrogens is 476 g/mol. The van der Waals surface area contributed by atoms with Gasteiger partial charge in [0.15, 0.2) is 11.0 Å². The predicted octanol–water partition coefficient (Wildman–Crippen LogP) is 5.44. The number of methoxy groups -OCH3 is 1. The average Bonchev–Trinajstić information content (AvgIpc) is 3.23. The maximum absolute atomic E-state index is 12.5. The molecule has 0 radical (unpaired) electrons. The molecule has 4 rings (SSSR count). The highest BCUT2D eigenvalue weighted by Crippen LogP contribution is 2.29. The normalized spacial score (nSPS) is 10.6. The first kappa shape index (κ1) is 21.1. The van der Waals surface area contributed by atoms with Crippen molar-refractivity contribution in [3.05, 3.63) is 83.3 Å². The number of ether oxygens (including phenoxy) is 1. The Morgan fingerprint density at radius 1 is 1.00 bits per heavy atom. The lowest BCUT2D eigenvalue weighted by atomic mass is 10.2. The van der Waals surface area contributed by atoms with Crippen LogP contribution in [0.3, 0.4) is 0 Å². The second kappa shape index (κ2) is 9.80. The van der Waals surface area contributed by atoms with Crippen molar-refractivity contribution in [3.63, 3.8) is 0 Å². The molecule has 1 N–H and O–H groups in total. The number of hydrogen-bond acceptors (Lipinski definition) is 5. The number of nitrogens with one attached hydrogen (secondary N) is 1. The molecule has 4 aromatic rings. The van der Waals surface area contributed by atoms with Gasteiger partial charge in [0.25, 0.3) is 0 Å². The van der Waals surface area contributed by atoms with Crippen LogP contribution >= 0.6 is 27.7 Å². The summed E-state index contributed by atoms with van der Waals surface area (Å²) in [6.45, 7) is 0. The minimum Gasteiger partial charge on any atom is -0.497 e. The van der Waals surface area contributed by atoms with E-state index in [1.807, 2.05) is 59.2 Å². The molecular formula is C23H19BrN4O2S. The molecule has 156 valence electrons. The molecule has 0 saturated heterocycles. The Labute approximate surface area is 192 Å². The molecule has 0 saturated carbocycles. The van der Waals surface area contributed by atoms with Gasteiger partial charge in [-0.3, -0.25) is 9.36 Å². The van der Waals surface area contributed by atoms with E-state index in [0.717, 1.165) is 27.3 Å². The lowest BCUT2D eigenvalue weighted by molar-refractivity contribution is -0.113. The maximum atomic E-state index is 12.5. The van der Waals surface area contributed by atoms with Crippen molar-refractivity contribution in [2.24, 2.45) is 0 Å². The Morgan fingerprint density at radius 3 is 2.39 bits per heavy atom. The molecule has 0 unspecified atom stereocenters. The fourth-order valence-corrected chi connectivity index (χ4v) is 3.98. The molecule has 0 aliphatic carbocycles. The molecule has 0 atom stereocenters. The lowest BCUT2D eigenvalue weighted by Crippen LogP contribution is -2.14. The standard InChI is InChI=1S/C23H19BrN4O2S/c1-30-20-13-11-18(12-14-20)25-21(29)15-31-23-27-26-22(16-7-9-17(24)10-8-16)28(23)19-5-3-2-4-6-19/h2-14H,15H2,1H3,(H,25,29). The first-order chi connectivity index (χ1) is 15.1. The number of carbonyl (C=O) groups excluding carboxylic acids is 1. The Kier molecular flexibility index (Phi) is 6.69. The zero-order valence-corrected chi connectivity index (χ0v) is 19.1. The highest BCUT2D eigenvalue weighted by atomic mass is 79.9. The van der Waals surface area contributed by atoms with Gasteiger partial charge in [0.2, 0.25) is 5.91 Å². The number of hydrogen-bond donors (Lipinski definition) is 1. The molecule has 0 bridgehead atoms. The third-order valence-corrected chi connectivity index (χ3v) is 5.91. The number of carbonyl (C=O) groups is 1. The summed E-state index contributed by atoms with van der Waals surface area (Å²) in [6, 6.07) is 25.0. The van der Waals surface area contributed by atoms with E-state index in [4.69, 9.17) is 4.74 Å². The van der Waals surface area contributed by atoms with Crippen LogP contribution in [-0.2, 0) is 4.79 Å². The van der Waals surface area contributed by atoms with Gasteiger partial charge in [-0.1, -0.05) is 58.0 Å². The maximum Gasteiger partial charge on any atom is 0.234 e. The minimum atomic E-state index is -0.122. The summed E-state index contributed by atoms with van der Waals surface area (Å²) < 4.78 is 8.10. The molecule has 1 amide bonds. The van der Waals surface area contributed by atoms with E-state index in [9.17, 15) is 4.79 Å². The van der Waals surface area contributed by atoms with Gasteiger partial charge in [-0.25, -0.2) is 0 Å². The van der Waals surface area contributed by atoms with Gasteiger partial charge in [0.05, 0.1) is 12.9 Å². The number of anilines is 1. The molecule has 3 aromatic carbocycles. The number of rotatable bonds is 7. The summed E-state index contributed by atoms with van der Waals surface area (Å²) in [5.41, 5.74) is 2.59. The Balaban J connectivity index is 1.55. The molecule has 0 aliphatic heterocycles. The van der Waals surface area contributed by atoms with Crippen LogP contribution in [0.2, 0.25) is 0 Å². The molecule has 1 heterocycles. The van der Waals surface area contributed by atoms with Crippen LogP contribution in [0.15, 0.2) is 88.5 Å². The predicted molar refractivity (Wildman–Crippen MR) is 127 cm³/mol. The highest BCUT2D eigenvalue weighted by Gasteiger charge is 2.17. The van der Waals surface area contributed by atoms with Crippen molar-refractivity contribution in [2.45, 2.75) is 5.16 Å². The topological polar surface area (TPSA) is 69.0 Å². The first-order valence-electron chi connectivity index (χ1n) is 9.47. The summed E-state index contributed by atoms with van der Waals surface area (Å²) in [4.78, 5) is 12.5. The number of benzene rings is 3. The Hall–Kier alpha value is -3.10. The smallest absolute Gasteiger partial charge is 0.234 e. The summed E-state index contributed by atoms with van der Waals surface area (Å²) in [5, 5.41) is 12.3. The number of aromatic nitrogens is 3. The van der Waals surface area contributed by atoms with Gasteiger partial charge >= 0.3 is 0 Å². The molecule has 1 aromatic heterocycles. The quantitative estimate of drug-likeness (QED) is 0.346. The van der Waals surface area contributed by atoms with E-state index < -0.39 is 0 Å². The van der Waals surface area contributed by atoms with Gasteiger partial charge in [-0.15, -0.1) is 10.2 Å². The van der Waals surface area contributed by atoms with E-state index in [1.54, 1.807) is 31.4 Å². The van der Waals surface area contributed by atoms with Gasteiger partial charge in [0.1, 0.15) is 5.75 Å². The third-order valence-electron chi connectivity index (χ3n) is 4.46. The fourth-order valence-electron chi connectivity index (χ4n) is 2.96. The average molecular weight is 495 g/mol. The molecule has 31 heavy (non-hydrogen) atoms. The van der Waals surface area contributed by atoms with Crippen LogP contribution in [0.25, 0.3) is 17.1 Å². The summed E-state index contributed by atoms with van der Waals surface area (Å²) >= 11 is 4.80. The summed E-state index contributed by atoms with van der Waals surface area (Å²) in [5.74, 6) is 1.54. The Bertz CT molecular complexity index is 1160.